The van der Waals surface area contributed by atoms with Gasteiger partial charge in [-0.1, -0.05) is 19.3 Å². The molecule has 0 spiro atoms. The standard InChI is InChI=1S/C18H32F3N5S/c1-4-22-17(23-11-8-6-5-7-9-13-26(2)3)24-12-10-16-25-15(14-27-16)18(19,20)21/h14H,4-13H2,1-3H3,(H2,22,23,24). The van der Waals surface area contributed by atoms with Crippen molar-refractivity contribution in [1.29, 1.82) is 0 Å². The van der Waals surface area contributed by atoms with Crippen LogP contribution in [-0.4, -0.2) is 56.1 Å². The lowest BCUT2D eigenvalue weighted by atomic mass is 10.1. The second-order valence-electron chi connectivity index (χ2n) is 6.63. The number of nitrogens with zero attached hydrogens (tertiary/aromatic N) is 3. The van der Waals surface area contributed by atoms with E-state index in [1.807, 2.05) is 6.92 Å². The van der Waals surface area contributed by atoms with Gasteiger partial charge in [0.05, 0.1) is 5.01 Å². The second-order valence-corrected chi connectivity index (χ2v) is 7.58. The molecule has 2 N–H and O–H groups in total. The van der Waals surface area contributed by atoms with E-state index < -0.39 is 11.9 Å². The molecule has 0 unspecified atom stereocenters. The number of alkyl halides is 3. The molecule has 0 saturated carbocycles. The van der Waals surface area contributed by atoms with Gasteiger partial charge in [-0.25, -0.2) is 4.98 Å². The van der Waals surface area contributed by atoms with Gasteiger partial charge in [-0.05, 0) is 40.4 Å². The summed E-state index contributed by atoms with van der Waals surface area (Å²) in [6.07, 6.45) is 1.97. The predicted molar refractivity (Wildman–Crippen MR) is 106 cm³/mol. The average Bonchev–Trinajstić information content (AvgIpc) is 3.06. The van der Waals surface area contributed by atoms with Crippen LogP contribution in [0, 0.1) is 0 Å². The SMILES string of the molecule is CCNC(=NCCCCCCCN(C)C)NCCc1nc(C(F)(F)F)cs1. The number of guanidine groups is 1. The normalized spacial score (nSPS) is 12.6. The highest BCUT2D eigenvalue weighted by molar-refractivity contribution is 7.09. The fraction of sp³-hybridized carbons (Fsp3) is 0.778. The van der Waals surface area contributed by atoms with Crippen molar-refractivity contribution in [2.45, 2.75) is 51.6 Å². The van der Waals surface area contributed by atoms with E-state index in [0.717, 1.165) is 49.2 Å². The fourth-order valence-electron chi connectivity index (χ4n) is 2.45. The molecule has 0 radical (unpaired) electrons. The van der Waals surface area contributed by atoms with Crippen LogP contribution in [0.1, 0.15) is 49.7 Å². The first kappa shape index (κ1) is 23.7. The highest BCUT2D eigenvalue weighted by Crippen LogP contribution is 2.29. The Labute approximate surface area is 164 Å². The smallest absolute Gasteiger partial charge is 0.357 e. The molecule has 5 nitrogen and oxygen atoms in total. The molecule has 0 atom stereocenters. The third-order valence-electron chi connectivity index (χ3n) is 3.85. The quantitative estimate of drug-likeness (QED) is 0.315. The van der Waals surface area contributed by atoms with E-state index in [9.17, 15) is 13.2 Å². The Morgan fingerprint density at radius 2 is 1.85 bits per heavy atom. The summed E-state index contributed by atoms with van der Waals surface area (Å²) in [6, 6.07) is 0. The molecule has 1 rings (SSSR count). The molecule has 1 aromatic rings. The van der Waals surface area contributed by atoms with Crippen LogP contribution in [0.5, 0.6) is 0 Å². The first-order valence-corrected chi connectivity index (χ1v) is 10.4. The van der Waals surface area contributed by atoms with Crippen molar-refractivity contribution in [3.8, 4) is 0 Å². The molecule has 9 heteroatoms. The van der Waals surface area contributed by atoms with Gasteiger partial charge in [0.25, 0.3) is 0 Å². The van der Waals surface area contributed by atoms with Gasteiger partial charge in [0.1, 0.15) is 0 Å². The van der Waals surface area contributed by atoms with Crippen molar-refractivity contribution >= 4 is 17.3 Å². The van der Waals surface area contributed by atoms with E-state index in [-0.39, 0.29) is 0 Å². The lowest BCUT2D eigenvalue weighted by Gasteiger charge is -2.11. The summed E-state index contributed by atoms with van der Waals surface area (Å²) in [4.78, 5) is 10.4. The number of thiazole rings is 1. The fourth-order valence-corrected chi connectivity index (χ4v) is 3.25. The molecule has 1 heterocycles. The van der Waals surface area contributed by atoms with Crippen molar-refractivity contribution in [2.75, 3.05) is 40.3 Å². The van der Waals surface area contributed by atoms with E-state index in [1.54, 1.807) is 0 Å². The summed E-state index contributed by atoms with van der Waals surface area (Å²) in [7, 11) is 4.18. The largest absolute Gasteiger partial charge is 0.434 e. The lowest BCUT2D eigenvalue weighted by Crippen LogP contribution is -2.38. The number of nitrogens with one attached hydrogen (secondary N) is 2. The lowest BCUT2D eigenvalue weighted by molar-refractivity contribution is -0.140. The molecule has 0 aromatic carbocycles. The summed E-state index contributed by atoms with van der Waals surface area (Å²) < 4.78 is 37.7. The molecular weight excluding hydrogens is 375 g/mol. The van der Waals surface area contributed by atoms with E-state index >= 15 is 0 Å². The average molecular weight is 408 g/mol. The predicted octanol–water partition coefficient (Wildman–Crippen LogP) is 3.77. The Bertz CT molecular complexity index is 543. The van der Waals surface area contributed by atoms with Gasteiger partial charge < -0.3 is 15.5 Å². The van der Waals surface area contributed by atoms with E-state index in [0.29, 0.717) is 23.9 Å². The van der Waals surface area contributed by atoms with Gasteiger partial charge in [0.2, 0.25) is 0 Å². The Balaban J connectivity index is 2.24. The number of unbranched alkanes of at least 4 members (excludes halogenated alkanes) is 4. The highest BCUT2D eigenvalue weighted by Gasteiger charge is 2.33. The van der Waals surface area contributed by atoms with Crippen molar-refractivity contribution in [2.24, 2.45) is 4.99 Å². The minimum absolute atomic E-state index is 0.442. The summed E-state index contributed by atoms with van der Waals surface area (Å²) in [5, 5.41) is 7.86. The number of aliphatic imine (C=N–C) groups is 1. The van der Waals surface area contributed by atoms with Crippen LogP contribution in [0.15, 0.2) is 10.4 Å². The number of hydrogen-bond donors (Lipinski definition) is 2. The van der Waals surface area contributed by atoms with Gasteiger partial charge in [-0.3, -0.25) is 4.99 Å². The minimum Gasteiger partial charge on any atom is -0.357 e. The minimum atomic E-state index is -4.37. The van der Waals surface area contributed by atoms with Crippen molar-refractivity contribution in [3.05, 3.63) is 16.1 Å². The van der Waals surface area contributed by atoms with E-state index in [1.165, 1.54) is 19.3 Å². The highest BCUT2D eigenvalue weighted by atomic mass is 32.1. The Morgan fingerprint density at radius 1 is 1.15 bits per heavy atom. The maximum atomic E-state index is 12.6. The van der Waals surface area contributed by atoms with Crippen molar-refractivity contribution < 1.29 is 13.2 Å². The molecule has 156 valence electrons. The zero-order valence-electron chi connectivity index (χ0n) is 16.5. The molecule has 27 heavy (non-hydrogen) atoms. The number of aromatic nitrogens is 1. The van der Waals surface area contributed by atoms with E-state index in [2.05, 4.69) is 39.6 Å². The summed E-state index contributed by atoms with van der Waals surface area (Å²) in [6.45, 7) is 5.11. The Morgan fingerprint density at radius 3 is 2.48 bits per heavy atom. The van der Waals surface area contributed by atoms with E-state index in [4.69, 9.17) is 0 Å². The molecular formula is C18H32F3N5S. The zero-order chi connectivity index (χ0) is 20.1. The van der Waals surface area contributed by atoms with Crippen molar-refractivity contribution in [1.82, 2.24) is 20.5 Å². The number of rotatable bonds is 12. The van der Waals surface area contributed by atoms with Crippen LogP contribution in [-0.2, 0) is 12.6 Å². The van der Waals surface area contributed by atoms with Crippen LogP contribution in [0.4, 0.5) is 13.2 Å². The van der Waals surface area contributed by atoms with Crippen LogP contribution < -0.4 is 10.6 Å². The van der Waals surface area contributed by atoms with Gasteiger partial charge >= 0.3 is 6.18 Å². The Kier molecular flexibility index (Phi) is 11.3. The van der Waals surface area contributed by atoms with Gasteiger partial charge in [0, 0.05) is 31.4 Å². The first-order chi connectivity index (χ1) is 12.8. The summed E-state index contributed by atoms with van der Waals surface area (Å²) in [5.41, 5.74) is -0.811. The van der Waals surface area contributed by atoms with Crippen LogP contribution in [0.3, 0.4) is 0 Å². The molecule has 0 saturated heterocycles. The molecule has 0 amide bonds. The zero-order valence-corrected chi connectivity index (χ0v) is 17.3. The molecule has 0 aliphatic heterocycles. The van der Waals surface area contributed by atoms with Gasteiger partial charge in [-0.15, -0.1) is 11.3 Å². The summed E-state index contributed by atoms with van der Waals surface area (Å²) >= 11 is 1.04. The molecule has 0 aliphatic carbocycles. The third kappa shape index (κ3) is 11.2. The van der Waals surface area contributed by atoms with Crippen molar-refractivity contribution in [3.63, 3.8) is 0 Å². The van der Waals surface area contributed by atoms with Crippen LogP contribution >= 0.6 is 11.3 Å². The second kappa shape index (κ2) is 12.9. The molecule has 0 bridgehead atoms. The maximum Gasteiger partial charge on any atom is 0.434 e. The molecule has 0 fully saturated rings. The number of hydrogen-bond acceptors (Lipinski definition) is 4. The first-order valence-electron chi connectivity index (χ1n) is 9.51. The van der Waals surface area contributed by atoms with Crippen LogP contribution in [0.2, 0.25) is 0 Å². The maximum absolute atomic E-state index is 12.6. The van der Waals surface area contributed by atoms with Gasteiger partial charge in [0.15, 0.2) is 11.7 Å². The van der Waals surface area contributed by atoms with Gasteiger partial charge in [-0.2, -0.15) is 13.2 Å². The third-order valence-corrected chi connectivity index (χ3v) is 4.76. The molecule has 0 aliphatic rings. The molecule has 1 aromatic heterocycles. The Hall–Kier alpha value is -1.35. The topological polar surface area (TPSA) is 52.6 Å². The summed E-state index contributed by atoms with van der Waals surface area (Å²) in [5.74, 6) is 0.706. The number of halogens is 3. The van der Waals surface area contributed by atoms with Crippen LogP contribution in [0.25, 0.3) is 0 Å². The monoisotopic (exact) mass is 407 g/mol.